The number of hydrogen-bond acceptors (Lipinski definition) is 4. The molecule has 0 radical (unpaired) electrons. The molecule has 1 heterocycles. The fraction of sp³-hybridized carbons (Fsp3) is 0.308. The van der Waals surface area contributed by atoms with Gasteiger partial charge >= 0.3 is 5.97 Å². The minimum Gasteiger partial charge on any atom is -0.480 e. The van der Waals surface area contributed by atoms with Gasteiger partial charge in [0.15, 0.2) is 11.5 Å². The number of nitrogens with one attached hydrogen (secondary N) is 1. The van der Waals surface area contributed by atoms with Gasteiger partial charge in [0.05, 0.1) is 0 Å². The lowest BCUT2D eigenvalue weighted by atomic mass is 10.1. The first kappa shape index (κ1) is 15.0. The molecule has 0 aromatic heterocycles. The third-order valence-electron chi connectivity index (χ3n) is 2.83. The van der Waals surface area contributed by atoms with Crippen molar-refractivity contribution in [2.75, 3.05) is 6.79 Å². The summed E-state index contributed by atoms with van der Waals surface area (Å²) in [4.78, 5) is 11.1. The zero-order valence-electron chi connectivity index (χ0n) is 10.5. The molecule has 2 rings (SSSR count). The van der Waals surface area contributed by atoms with E-state index in [4.69, 9.17) is 37.8 Å². The third kappa shape index (κ3) is 3.36. The van der Waals surface area contributed by atoms with E-state index in [1.165, 1.54) is 0 Å². The van der Waals surface area contributed by atoms with Crippen molar-refractivity contribution < 1.29 is 19.4 Å². The van der Waals surface area contributed by atoms with Crippen LogP contribution in [0.2, 0.25) is 5.02 Å². The van der Waals surface area contributed by atoms with Crippen molar-refractivity contribution in [3.8, 4) is 11.5 Å². The highest BCUT2D eigenvalue weighted by molar-refractivity contribution is 6.31. The van der Waals surface area contributed by atoms with Gasteiger partial charge in [0.25, 0.3) is 0 Å². The van der Waals surface area contributed by atoms with Crippen LogP contribution in [0.3, 0.4) is 0 Å². The number of rotatable bonds is 6. The number of carbonyl (C=O) groups is 1. The van der Waals surface area contributed by atoms with Crippen molar-refractivity contribution in [1.29, 1.82) is 0 Å². The Balaban J connectivity index is 2.12. The molecule has 0 spiro atoms. The normalized spacial score (nSPS) is 14.1. The predicted octanol–water partition coefficient (Wildman–Crippen LogP) is 2.75. The zero-order valence-corrected chi connectivity index (χ0v) is 12.0. The highest BCUT2D eigenvalue weighted by atomic mass is 35.5. The highest BCUT2D eigenvalue weighted by Crippen LogP contribution is 2.39. The number of ether oxygens (including phenoxy) is 2. The fourth-order valence-corrected chi connectivity index (χ4v) is 2.23. The molecule has 0 saturated carbocycles. The average Bonchev–Trinajstić information content (AvgIpc) is 2.83. The number of carboxylic acid groups (broad SMARTS) is 1. The molecule has 0 saturated heterocycles. The number of fused-ring (bicyclic) bond motifs is 1. The van der Waals surface area contributed by atoms with Gasteiger partial charge in [-0.2, -0.15) is 0 Å². The average molecular weight is 318 g/mol. The third-order valence-corrected chi connectivity index (χ3v) is 3.34. The monoisotopic (exact) mass is 317 g/mol. The minimum absolute atomic E-state index is 0.126. The Bertz CT molecular complexity index is 547. The molecule has 7 heteroatoms. The van der Waals surface area contributed by atoms with Crippen molar-refractivity contribution in [3.63, 3.8) is 0 Å². The van der Waals surface area contributed by atoms with Gasteiger partial charge in [-0.3, -0.25) is 10.1 Å². The van der Waals surface area contributed by atoms with Crippen LogP contribution in [0.15, 0.2) is 23.7 Å². The molecular weight excluding hydrogens is 305 g/mol. The maximum absolute atomic E-state index is 11.1. The molecule has 2 N–H and O–H groups in total. The maximum atomic E-state index is 11.1. The van der Waals surface area contributed by atoms with Crippen molar-refractivity contribution in [2.45, 2.75) is 19.0 Å². The van der Waals surface area contributed by atoms with Crippen LogP contribution in [-0.4, -0.2) is 23.9 Å². The molecule has 1 aliphatic rings. The molecule has 0 amide bonds. The Morgan fingerprint density at radius 3 is 2.90 bits per heavy atom. The van der Waals surface area contributed by atoms with E-state index in [2.05, 4.69) is 11.9 Å². The van der Waals surface area contributed by atoms with Gasteiger partial charge in [0, 0.05) is 28.6 Å². The van der Waals surface area contributed by atoms with Crippen LogP contribution < -0.4 is 14.8 Å². The first-order valence-corrected chi connectivity index (χ1v) is 6.61. The number of hydrogen-bond donors (Lipinski definition) is 2. The van der Waals surface area contributed by atoms with E-state index in [-0.39, 0.29) is 24.8 Å². The van der Waals surface area contributed by atoms with Crippen molar-refractivity contribution in [1.82, 2.24) is 5.32 Å². The van der Waals surface area contributed by atoms with Gasteiger partial charge in [0.1, 0.15) is 6.04 Å². The van der Waals surface area contributed by atoms with Crippen LogP contribution >= 0.6 is 23.2 Å². The SMILES string of the molecule is C=C(Cl)CC(NCc1c(Cl)ccc2c1OCO2)C(=O)O. The molecular formula is C13H13Cl2NO4. The lowest BCUT2D eigenvalue weighted by molar-refractivity contribution is -0.139. The van der Waals surface area contributed by atoms with Crippen molar-refractivity contribution in [3.05, 3.63) is 34.3 Å². The molecule has 1 unspecified atom stereocenters. The van der Waals surface area contributed by atoms with Gasteiger partial charge in [-0.1, -0.05) is 29.8 Å². The summed E-state index contributed by atoms with van der Waals surface area (Å²) in [5, 5.41) is 12.7. The standard InChI is InChI=1S/C13H13Cl2NO4/c1-7(14)4-10(13(17)18)16-5-8-9(15)2-3-11-12(8)20-6-19-11/h2-3,10,16H,1,4-6H2,(H,17,18). The highest BCUT2D eigenvalue weighted by Gasteiger charge is 2.23. The van der Waals surface area contributed by atoms with E-state index < -0.39 is 12.0 Å². The minimum atomic E-state index is -1.01. The van der Waals surface area contributed by atoms with Crippen LogP contribution in [0.5, 0.6) is 11.5 Å². The van der Waals surface area contributed by atoms with E-state index in [1.54, 1.807) is 12.1 Å². The summed E-state index contributed by atoms with van der Waals surface area (Å²) in [5.41, 5.74) is 0.660. The lowest BCUT2D eigenvalue weighted by Crippen LogP contribution is -2.36. The Morgan fingerprint density at radius 2 is 2.25 bits per heavy atom. The molecule has 20 heavy (non-hydrogen) atoms. The van der Waals surface area contributed by atoms with E-state index in [0.717, 1.165) is 0 Å². The number of benzene rings is 1. The van der Waals surface area contributed by atoms with E-state index >= 15 is 0 Å². The molecule has 0 fully saturated rings. The molecule has 108 valence electrons. The summed E-state index contributed by atoms with van der Waals surface area (Å²) in [5.74, 6) is 0.131. The summed E-state index contributed by atoms with van der Waals surface area (Å²) in [6.45, 7) is 3.86. The second-order valence-electron chi connectivity index (χ2n) is 4.25. The second-order valence-corrected chi connectivity index (χ2v) is 5.19. The van der Waals surface area contributed by atoms with E-state index in [1.807, 2.05) is 0 Å². The van der Waals surface area contributed by atoms with Gasteiger partial charge < -0.3 is 14.6 Å². The van der Waals surface area contributed by atoms with Crippen molar-refractivity contribution >= 4 is 29.2 Å². The molecule has 1 aliphatic heterocycles. The summed E-state index contributed by atoms with van der Waals surface area (Å²) in [6, 6.07) is 2.56. The van der Waals surface area contributed by atoms with Crippen LogP contribution in [0.4, 0.5) is 0 Å². The van der Waals surface area contributed by atoms with Crippen LogP contribution in [0, 0.1) is 0 Å². The quantitative estimate of drug-likeness (QED) is 0.844. The van der Waals surface area contributed by atoms with E-state index in [9.17, 15) is 4.79 Å². The zero-order chi connectivity index (χ0) is 14.7. The molecule has 1 aromatic rings. The smallest absolute Gasteiger partial charge is 0.321 e. The largest absolute Gasteiger partial charge is 0.480 e. The van der Waals surface area contributed by atoms with E-state index in [0.29, 0.717) is 22.1 Å². The first-order valence-electron chi connectivity index (χ1n) is 5.85. The summed E-state index contributed by atoms with van der Waals surface area (Å²) < 4.78 is 10.6. The second kappa shape index (κ2) is 6.35. The Morgan fingerprint density at radius 1 is 1.50 bits per heavy atom. The van der Waals surface area contributed by atoms with Gasteiger partial charge in [-0.15, -0.1) is 0 Å². The number of aliphatic carboxylic acids is 1. The fourth-order valence-electron chi connectivity index (χ4n) is 1.86. The summed E-state index contributed by atoms with van der Waals surface area (Å²) in [7, 11) is 0. The topological polar surface area (TPSA) is 67.8 Å². The van der Waals surface area contributed by atoms with Gasteiger partial charge in [0.2, 0.25) is 6.79 Å². The number of halogens is 2. The molecule has 1 aromatic carbocycles. The first-order chi connectivity index (χ1) is 9.49. The van der Waals surface area contributed by atoms with Crippen LogP contribution in [0.25, 0.3) is 0 Å². The molecule has 0 bridgehead atoms. The molecule has 1 atom stereocenters. The molecule has 0 aliphatic carbocycles. The molecule has 5 nitrogen and oxygen atoms in total. The van der Waals surface area contributed by atoms with Gasteiger partial charge in [-0.05, 0) is 12.1 Å². The summed E-state index contributed by atoms with van der Waals surface area (Å²) >= 11 is 11.8. The number of carboxylic acids is 1. The Kier molecular flexibility index (Phi) is 4.75. The van der Waals surface area contributed by atoms with Crippen LogP contribution in [0.1, 0.15) is 12.0 Å². The summed E-state index contributed by atoms with van der Waals surface area (Å²) in [6.07, 6.45) is 0.126. The van der Waals surface area contributed by atoms with Crippen molar-refractivity contribution in [2.24, 2.45) is 0 Å². The predicted molar refractivity (Wildman–Crippen MR) is 75.4 cm³/mol. The Labute approximate surface area is 126 Å². The van der Waals surface area contributed by atoms with Gasteiger partial charge in [-0.25, -0.2) is 0 Å². The maximum Gasteiger partial charge on any atom is 0.321 e. The van der Waals surface area contributed by atoms with Crippen LogP contribution in [-0.2, 0) is 11.3 Å². The lowest BCUT2D eigenvalue weighted by Gasteiger charge is -2.15. The Hall–Kier alpha value is -1.43.